The summed E-state index contributed by atoms with van der Waals surface area (Å²) in [6.45, 7) is 0. The zero-order chi connectivity index (χ0) is 23.3. The molecule has 4 aromatic rings. The summed E-state index contributed by atoms with van der Waals surface area (Å²) in [5.74, 6) is -1.18. The normalized spacial score (nSPS) is 14.2. The van der Waals surface area contributed by atoms with Gasteiger partial charge < -0.3 is 9.68 Å². The van der Waals surface area contributed by atoms with E-state index in [9.17, 15) is 9.59 Å². The maximum atomic E-state index is 12.4. The SMILES string of the molecule is O=C(ON=C1c2ccncc2C(=NOC(=O)c2ccccc2)c2ccncc21)c1ccccc1. The van der Waals surface area contributed by atoms with Gasteiger partial charge in [0.15, 0.2) is 0 Å². The van der Waals surface area contributed by atoms with E-state index in [1.165, 1.54) is 0 Å². The molecule has 0 saturated heterocycles. The molecule has 0 aliphatic heterocycles. The lowest BCUT2D eigenvalue weighted by Gasteiger charge is -2.21. The van der Waals surface area contributed by atoms with Gasteiger partial charge in [-0.25, -0.2) is 9.59 Å². The molecule has 164 valence electrons. The Labute approximate surface area is 194 Å². The molecule has 5 rings (SSSR count). The van der Waals surface area contributed by atoms with E-state index in [4.69, 9.17) is 9.68 Å². The summed E-state index contributed by atoms with van der Waals surface area (Å²) in [4.78, 5) is 43.8. The van der Waals surface area contributed by atoms with Crippen LogP contribution < -0.4 is 0 Å². The van der Waals surface area contributed by atoms with Gasteiger partial charge in [-0.3, -0.25) is 9.97 Å². The molecule has 0 bridgehead atoms. The van der Waals surface area contributed by atoms with Crippen LogP contribution in [0.1, 0.15) is 43.0 Å². The van der Waals surface area contributed by atoms with E-state index in [0.29, 0.717) is 44.8 Å². The molecule has 8 nitrogen and oxygen atoms in total. The van der Waals surface area contributed by atoms with Crippen molar-refractivity contribution in [1.82, 2.24) is 9.97 Å². The highest BCUT2D eigenvalue weighted by Crippen LogP contribution is 2.28. The van der Waals surface area contributed by atoms with E-state index < -0.39 is 11.9 Å². The Morgan fingerprint density at radius 2 is 0.971 bits per heavy atom. The van der Waals surface area contributed by atoms with Crippen molar-refractivity contribution in [3.8, 4) is 0 Å². The fourth-order valence-corrected chi connectivity index (χ4v) is 3.49. The lowest BCUT2D eigenvalue weighted by Crippen LogP contribution is -2.24. The van der Waals surface area contributed by atoms with E-state index in [1.54, 1.807) is 97.6 Å². The van der Waals surface area contributed by atoms with Crippen molar-refractivity contribution in [3.63, 3.8) is 0 Å². The number of fused-ring (bicyclic) bond motifs is 2. The predicted octanol–water partition coefficient (Wildman–Crippen LogP) is 4.01. The van der Waals surface area contributed by atoms with Gasteiger partial charge in [0.1, 0.15) is 11.4 Å². The first-order valence-electron chi connectivity index (χ1n) is 10.3. The minimum atomic E-state index is -0.592. The summed E-state index contributed by atoms with van der Waals surface area (Å²) in [6.07, 6.45) is 6.34. The Morgan fingerprint density at radius 3 is 1.38 bits per heavy atom. The second-order valence-corrected chi connectivity index (χ2v) is 7.21. The third-order valence-corrected chi connectivity index (χ3v) is 5.12. The highest BCUT2D eigenvalue weighted by atomic mass is 16.7. The first-order chi connectivity index (χ1) is 16.7. The van der Waals surface area contributed by atoms with Crippen molar-refractivity contribution in [1.29, 1.82) is 0 Å². The largest absolute Gasteiger partial charge is 0.365 e. The van der Waals surface area contributed by atoms with Crippen LogP contribution >= 0.6 is 0 Å². The molecule has 0 amide bonds. The number of hydrogen-bond acceptors (Lipinski definition) is 8. The number of pyridine rings is 2. The Bertz CT molecular complexity index is 1270. The Hall–Kier alpha value is -4.98. The molecule has 0 fully saturated rings. The third-order valence-electron chi connectivity index (χ3n) is 5.12. The summed E-state index contributed by atoms with van der Waals surface area (Å²) in [5.41, 5.74) is 3.86. The van der Waals surface area contributed by atoms with E-state index >= 15 is 0 Å². The van der Waals surface area contributed by atoms with Gasteiger partial charge in [0, 0.05) is 47.0 Å². The van der Waals surface area contributed by atoms with Crippen molar-refractivity contribution in [2.75, 3.05) is 0 Å². The fourth-order valence-electron chi connectivity index (χ4n) is 3.49. The van der Waals surface area contributed by atoms with Gasteiger partial charge in [-0.15, -0.1) is 0 Å². The molecule has 2 heterocycles. The zero-order valence-electron chi connectivity index (χ0n) is 17.7. The molecule has 2 aromatic carbocycles. The number of rotatable bonds is 4. The Balaban J connectivity index is 1.53. The van der Waals surface area contributed by atoms with E-state index in [2.05, 4.69) is 20.3 Å². The van der Waals surface area contributed by atoms with Gasteiger partial charge >= 0.3 is 11.9 Å². The molecule has 0 radical (unpaired) electrons. The summed E-state index contributed by atoms with van der Waals surface area (Å²) < 4.78 is 0. The lowest BCUT2D eigenvalue weighted by atomic mass is 9.85. The van der Waals surface area contributed by atoms with Crippen LogP contribution in [0.3, 0.4) is 0 Å². The molecule has 0 saturated carbocycles. The minimum absolute atomic E-state index is 0.374. The standard InChI is InChI=1S/C26H16N4O4/c31-25(17-7-3-1-4-8-17)33-29-23-19-11-13-28-16-22(19)24(20-12-14-27-15-21(20)23)30-34-26(32)18-9-5-2-6-10-18/h1-16H. The zero-order valence-corrected chi connectivity index (χ0v) is 17.7. The molecular formula is C26H16N4O4. The van der Waals surface area contributed by atoms with Crippen LogP contribution in [0.5, 0.6) is 0 Å². The highest BCUT2D eigenvalue weighted by Gasteiger charge is 2.29. The second kappa shape index (κ2) is 9.25. The molecule has 0 unspecified atom stereocenters. The van der Waals surface area contributed by atoms with Crippen LogP contribution in [0, 0.1) is 0 Å². The number of carbonyl (C=O) groups is 2. The van der Waals surface area contributed by atoms with Crippen molar-refractivity contribution < 1.29 is 19.3 Å². The molecule has 8 heteroatoms. The smallest absolute Gasteiger partial charge is 0.312 e. The molecule has 2 aromatic heterocycles. The maximum Gasteiger partial charge on any atom is 0.365 e. The number of hydrogen-bond donors (Lipinski definition) is 0. The topological polar surface area (TPSA) is 103 Å². The van der Waals surface area contributed by atoms with Crippen LogP contribution in [0.4, 0.5) is 0 Å². The summed E-state index contributed by atoms with van der Waals surface area (Å²) >= 11 is 0. The quantitative estimate of drug-likeness (QED) is 0.304. The van der Waals surface area contributed by atoms with Crippen molar-refractivity contribution in [3.05, 3.63) is 131 Å². The first kappa shape index (κ1) is 20.9. The van der Waals surface area contributed by atoms with Crippen LogP contribution in [0.15, 0.2) is 108 Å². The lowest BCUT2D eigenvalue weighted by molar-refractivity contribution is 0.0507. The number of oxime groups is 2. The van der Waals surface area contributed by atoms with Gasteiger partial charge in [-0.2, -0.15) is 0 Å². The highest BCUT2D eigenvalue weighted by molar-refractivity contribution is 6.31. The van der Waals surface area contributed by atoms with Crippen molar-refractivity contribution in [2.45, 2.75) is 0 Å². The Kier molecular flexibility index (Phi) is 5.69. The van der Waals surface area contributed by atoms with E-state index in [1.807, 2.05) is 0 Å². The van der Waals surface area contributed by atoms with Crippen LogP contribution in [0.25, 0.3) is 0 Å². The molecule has 34 heavy (non-hydrogen) atoms. The second-order valence-electron chi connectivity index (χ2n) is 7.21. The molecule has 0 atom stereocenters. The molecule has 0 spiro atoms. The predicted molar refractivity (Wildman–Crippen MR) is 123 cm³/mol. The van der Waals surface area contributed by atoms with Gasteiger partial charge in [-0.05, 0) is 36.4 Å². The minimum Gasteiger partial charge on any atom is -0.312 e. The van der Waals surface area contributed by atoms with Crippen molar-refractivity contribution in [2.24, 2.45) is 10.3 Å². The van der Waals surface area contributed by atoms with Gasteiger partial charge in [0.05, 0.1) is 11.1 Å². The van der Waals surface area contributed by atoms with Crippen LogP contribution in [0.2, 0.25) is 0 Å². The van der Waals surface area contributed by atoms with Crippen LogP contribution in [-0.4, -0.2) is 33.3 Å². The number of benzene rings is 2. The molecule has 0 N–H and O–H groups in total. The van der Waals surface area contributed by atoms with E-state index in [0.717, 1.165) is 0 Å². The molecule has 1 aliphatic rings. The molecular weight excluding hydrogens is 432 g/mol. The number of nitrogens with zero attached hydrogens (tertiary/aromatic N) is 4. The Morgan fingerprint density at radius 1 is 0.559 bits per heavy atom. The third kappa shape index (κ3) is 4.07. The number of aromatic nitrogens is 2. The maximum absolute atomic E-state index is 12.4. The summed E-state index contributed by atoms with van der Waals surface area (Å²) in [7, 11) is 0. The van der Waals surface area contributed by atoms with E-state index in [-0.39, 0.29) is 0 Å². The number of carbonyl (C=O) groups excluding carboxylic acids is 2. The van der Waals surface area contributed by atoms with Gasteiger partial charge in [0.25, 0.3) is 0 Å². The molecule has 1 aliphatic carbocycles. The van der Waals surface area contributed by atoms with Crippen molar-refractivity contribution >= 4 is 23.4 Å². The van der Waals surface area contributed by atoms with Gasteiger partial charge in [0.2, 0.25) is 0 Å². The average Bonchev–Trinajstić information content (AvgIpc) is 2.91. The van der Waals surface area contributed by atoms with Crippen LogP contribution in [-0.2, 0) is 9.68 Å². The summed E-state index contributed by atoms with van der Waals surface area (Å²) in [5, 5.41) is 8.31. The van der Waals surface area contributed by atoms with Gasteiger partial charge in [-0.1, -0.05) is 46.7 Å². The summed E-state index contributed by atoms with van der Waals surface area (Å²) in [6, 6.07) is 20.6. The average molecular weight is 448 g/mol. The first-order valence-corrected chi connectivity index (χ1v) is 10.3. The fraction of sp³-hybridized carbons (Fsp3) is 0. The monoisotopic (exact) mass is 448 g/mol.